The molecule has 4 nitrogen and oxygen atoms in total. The molecule has 0 unspecified atom stereocenters. The highest BCUT2D eigenvalue weighted by Crippen LogP contribution is 2.28. The van der Waals surface area contributed by atoms with Crippen LogP contribution in [0.15, 0.2) is 18.2 Å². The highest BCUT2D eigenvalue weighted by molar-refractivity contribution is 6.81. The Bertz CT molecular complexity index is 462. The minimum absolute atomic E-state index is 0.314. The maximum Gasteiger partial charge on any atom is 0.376 e. The first-order valence-electron chi connectivity index (χ1n) is 7.54. The zero-order valence-corrected chi connectivity index (χ0v) is 16.4. The van der Waals surface area contributed by atoms with E-state index >= 15 is 0 Å². The Kier molecular flexibility index (Phi) is 5.70. The first kappa shape index (κ1) is 19.0. The van der Waals surface area contributed by atoms with Crippen LogP contribution in [0.3, 0.4) is 0 Å². The fourth-order valence-electron chi connectivity index (χ4n) is 2.08. The van der Waals surface area contributed by atoms with Gasteiger partial charge < -0.3 is 18.3 Å². The third-order valence-electron chi connectivity index (χ3n) is 3.05. The van der Waals surface area contributed by atoms with Gasteiger partial charge in [0.15, 0.2) is 0 Å². The molecule has 5 heteroatoms. The molecule has 0 atom stereocenters. The van der Waals surface area contributed by atoms with Crippen molar-refractivity contribution in [2.45, 2.75) is 59.3 Å². The summed E-state index contributed by atoms with van der Waals surface area (Å²) >= 11 is 0. The van der Waals surface area contributed by atoms with E-state index < -0.39 is 8.56 Å². The molecule has 1 rings (SSSR count). The van der Waals surface area contributed by atoms with Crippen molar-refractivity contribution in [3.8, 4) is 11.5 Å². The first-order chi connectivity index (χ1) is 9.92. The summed E-state index contributed by atoms with van der Waals surface area (Å²) in [5, 5.41) is 0.893. The Balaban J connectivity index is 3.49. The van der Waals surface area contributed by atoms with Crippen molar-refractivity contribution in [3.63, 3.8) is 0 Å². The van der Waals surface area contributed by atoms with Crippen molar-refractivity contribution in [1.82, 2.24) is 0 Å². The number of hydrogen-bond acceptors (Lipinski definition) is 4. The molecule has 0 amide bonds. The molecule has 0 aliphatic carbocycles. The van der Waals surface area contributed by atoms with Crippen molar-refractivity contribution < 1.29 is 18.3 Å². The van der Waals surface area contributed by atoms with E-state index in [2.05, 4.69) is 0 Å². The monoisotopic (exact) mass is 326 g/mol. The van der Waals surface area contributed by atoms with Gasteiger partial charge >= 0.3 is 8.56 Å². The van der Waals surface area contributed by atoms with Crippen LogP contribution in [0.5, 0.6) is 11.5 Å². The Morgan fingerprint density at radius 3 is 1.41 bits per heavy atom. The van der Waals surface area contributed by atoms with Crippen molar-refractivity contribution in [2.75, 3.05) is 14.2 Å². The molecule has 0 aromatic heterocycles. The van der Waals surface area contributed by atoms with E-state index in [0.29, 0.717) is 0 Å². The van der Waals surface area contributed by atoms with E-state index in [1.807, 2.05) is 66.3 Å². The highest BCUT2D eigenvalue weighted by Gasteiger charge is 2.40. The predicted molar refractivity (Wildman–Crippen MR) is 92.5 cm³/mol. The van der Waals surface area contributed by atoms with Crippen molar-refractivity contribution in [3.05, 3.63) is 18.2 Å². The molecule has 0 aliphatic heterocycles. The minimum Gasteiger partial charge on any atom is -0.488 e. The molecule has 0 spiro atoms. The summed E-state index contributed by atoms with van der Waals surface area (Å²) in [5.41, 5.74) is -0.627. The molecule has 0 N–H and O–H groups in total. The third kappa shape index (κ3) is 5.00. The maximum atomic E-state index is 6.13. The summed E-state index contributed by atoms with van der Waals surface area (Å²) in [4.78, 5) is 0. The largest absolute Gasteiger partial charge is 0.488 e. The summed E-state index contributed by atoms with van der Waals surface area (Å²) < 4.78 is 23.7. The molecule has 0 heterocycles. The smallest absolute Gasteiger partial charge is 0.376 e. The van der Waals surface area contributed by atoms with Gasteiger partial charge in [0.1, 0.15) is 22.7 Å². The maximum absolute atomic E-state index is 6.13. The summed E-state index contributed by atoms with van der Waals surface area (Å²) in [7, 11) is 0.730. The molecule has 126 valence electrons. The lowest BCUT2D eigenvalue weighted by Gasteiger charge is -2.32. The molecule has 22 heavy (non-hydrogen) atoms. The number of benzene rings is 1. The highest BCUT2D eigenvalue weighted by atomic mass is 28.4. The molecular formula is C17H30O4Si. The normalized spacial score (nSPS) is 13.1. The summed E-state index contributed by atoms with van der Waals surface area (Å²) in [6.07, 6.45) is 0. The molecule has 0 saturated carbocycles. The van der Waals surface area contributed by atoms with Crippen molar-refractivity contribution in [1.29, 1.82) is 0 Å². The number of ether oxygens (including phenoxy) is 2. The van der Waals surface area contributed by atoms with Gasteiger partial charge in [0.05, 0.1) is 5.19 Å². The van der Waals surface area contributed by atoms with Crippen LogP contribution < -0.4 is 14.7 Å². The summed E-state index contributed by atoms with van der Waals surface area (Å²) in [6, 6.07) is 5.82. The molecule has 0 aliphatic rings. The van der Waals surface area contributed by atoms with E-state index in [1.54, 1.807) is 14.2 Å². The lowest BCUT2D eigenvalue weighted by molar-refractivity contribution is 0.122. The third-order valence-corrected chi connectivity index (χ3v) is 6.01. The fourth-order valence-corrected chi connectivity index (χ4v) is 3.81. The molecule has 0 bridgehead atoms. The average molecular weight is 327 g/mol. The molecule has 0 saturated heterocycles. The van der Waals surface area contributed by atoms with Crippen LogP contribution in [0.25, 0.3) is 0 Å². The second-order valence-electron chi connectivity index (χ2n) is 7.41. The number of rotatable bonds is 5. The van der Waals surface area contributed by atoms with E-state index in [-0.39, 0.29) is 11.2 Å². The lowest BCUT2D eigenvalue weighted by Crippen LogP contribution is -2.51. The van der Waals surface area contributed by atoms with Gasteiger partial charge in [-0.25, -0.2) is 0 Å². The molecule has 1 aromatic rings. The van der Waals surface area contributed by atoms with E-state index in [0.717, 1.165) is 16.7 Å². The second-order valence-corrected chi connectivity index (χ2v) is 10.6. The first-order valence-corrected chi connectivity index (χ1v) is 9.85. The predicted octanol–water partition coefficient (Wildman–Crippen LogP) is 3.61. The number of hydrogen-bond donors (Lipinski definition) is 0. The minimum atomic E-state index is -2.61. The van der Waals surface area contributed by atoms with E-state index in [4.69, 9.17) is 18.3 Å². The summed E-state index contributed by atoms with van der Waals surface area (Å²) in [6.45, 7) is 14.1. The fraction of sp³-hybridized carbons (Fsp3) is 0.647. The van der Waals surface area contributed by atoms with Crippen LogP contribution in [0, 0.1) is 0 Å². The van der Waals surface area contributed by atoms with Gasteiger partial charge in [-0.2, -0.15) is 0 Å². The van der Waals surface area contributed by atoms with Gasteiger partial charge in [0.2, 0.25) is 0 Å². The van der Waals surface area contributed by atoms with Gasteiger partial charge in [0, 0.05) is 14.2 Å². The zero-order valence-electron chi connectivity index (χ0n) is 15.4. The van der Waals surface area contributed by atoms with Gasteiger partial charge in [-0.1, -0.05) is 6.07 Å². The molecule has 0 fully saturated rings. The van der Waals surface area contributed by atoms with Crippen LogP contribution in [-0.4, -0.2) is 34.0 Å². The van der Waals surface area contributed by atoms with Gasteiger partial charge in [-0.05, 0) is 60.2 Å². The molecule has 1 aromatic carbocycles. The Morgan fingerprint density at radius 1 is 0.773 bits per heavy atom. The van der Waals surface area contributed by atoms with Crippen molar-refractivity contribution >= 4 is 13.7 Å². The van der Waals surface area contributed by atoms with Gasteiger partial charge in [0.25, 0.3) is 0 Å². The van der Waals surface area contributed by atoms with Crippen LogP contribution in [0.1, 0.15) is 41.5 Å². The van der Waals surface area contributed by atoms with Crippen LogP contribution in [-0.2, 0) is 8.85 Å². The Morgan fingerprint density at radius 2 is 1.14 bits per heavy atom. The standard InChI is InChI=1S/C17H30O4Si/c1-16(2,3)20-13-11-10-12-14(21-17(4,5)6)15(13)22(9,18-7)19-8/h10-12H,1-9H3. The van der Waals surface area contributed by atoms with Crippen LogP contribution >= 0.6 is 0 Å². The van der Waals surface area contributed by atoms with Gasteiger partial charge in [-0.15, -0.1) is 0 Å². The quantitative estimate of drug-likeness (QED) is 0.775. The second kappa shape index (κ2) is 6.60. The van der Waals surface area contributed by atoms with Crippen LogP contribution in [0.4, 0.5) is 0 Å². The lowest BCUT2D eigenvalue weighted by atomic mass is 10.2. The van der Waals surface area contributed by atoms with Crippen molar-refractivity contribution in [2.24, 2.45) is 0 Å². The average Bonchev–Trinajstić information content (AvgIpc) is 2.34. The molecule has 0 radical (unpaired) electrons. The molecular weight excluding hydrogens is 296 g/mol. The zero-order chi connectivity index (χ0) is 17.2. The summed E-state index contributed by atoms with van der Waals surface area (Å²) in [5.74, 6) is 1.51. The Labute approximate surface area is 136 Å². The Hall–Kier alpha value is -1.04. The van der Waals surface area contributed by atoms with Crippen LogP contribution in [0.2, 0.25) is 6.55 Å². The van der Waals surface area contributed by atoms with E-state index in [1.165, 1.54) is 0 Å². The van der Waals surface area contributed by atoms with E-state index in [9.17, 15) is 0 Å². The topological polar surface area (TPSA) is 36.9 Å². The SMILES string of the molecule is CO[Si](C)(OC)c1c(OC(C)(C)C)cccc1OC(C)(C)C. The van der Waals surface area contributed by atoms with Gasteiger partial charge in [-0.3, -0.25) is 0 Å².